The number of thioether (sulfide) groups is 1. The predicted octanol–water partition coefficient (Wildman–Crippen LogP) is 6.12. The van der Waals surface area contributed by atoms with Crippen molar-refractivity contribution in [3.05, 3.63) is 12.2 Å². The van der Waals surface area contributed by atoms with Crippen molar-refractivity contribution in [2.75, 3.05) is 18.1 Å². The maximum atomic E-state index is 5.86. The fourth-order valence-electron chi connectivity index (χ4n) is 2.26. The Kier molecular flexibility index (Phi) is 13.1. The van der Waals surface area contributed by atoms with Crippen molar-refractivity contribution >= 4 is 20.1 Å². The first kappa shape index (κ1) is 20.3. The van der Waals surface area contributed by atoms with Gasteiger partial charge in [-0.1, -0.05) is 26.0 Å². The van der Waals surface area contributed by atoms with Gasteiger partial charge in [-0.25, -0.2) is 0 Å². The van der Waals surface area contributed by atoms with Crippen molar-refractivity contribution in [1.29, 1.82) is 0 Å². The first-order valence-corrected chi connectivity index (χ1v) is 12.7. The van der Waals surface area contributed by atoms with Crippen LogP contribution in [0.25, 0.3) is 0 Å². The Hall–Kier alpha value is 0.267. The molecular weight excluding hydrogens is 280 g/mol. The van der Waals surface area contributed by atoms with E-state index in [1.165, 1.54) is 49.7 Å². The average molecular weight is 317 g/mol. The number of rotatable bonds is 13. The van der Waals surface area contributed by atoms with Crippen LogP contribution in [0.15, 0.2) is 12.2 Å². The van der Waals surface area contributed by atoms with Crippen molar-refractivity contribution in [2.24, 2.45) is 5.92 Å². The molecule has 0 spiro atoms. The van der Waals surface area contributed by atoms with Gasteiger partial charge in [-0.2, -0.15) is 11.8 Å². The molecule has 1 unspecified atom stereocenters. The number of hydrogen-bond acceptors (Lipinski definition) is 2. The van der Waals surface area contributed by atoms with Gasteiger partial charge in [-0.05, 0) is 75.6 Å². The first-order chi connectivity index (χ1) is 9.52. The van der Waals surface area contributed by atoms with Gasteiger partial charge in [0, 0.05) is 6.61 Å². The molecule has 1 nitrogen and oxygen atoms in total. The molecule has 0 heterocycles. The molecule has 0 aromatic rings. The average Bonchev–Trinajstić information content (AvgIpc) is 2.38. The predicted molar refractivity (Wildman–Crippen MR) is 98.3 cm³/mol. The summed E-state index contributed by atoms with van der Waals surface area (Å²) in [6.07, 6.45) is 11.1. The van der Waals surface area contributed by atoms with Gasteiger partial charge in [0.25, 0.3) is 0 Å². The highest BCUT2D eigenvalue weighted by molar-refractivity contribution is 7.99. The molecule has 0 amide bonds. The van der Waals surface area contributed by atoms with Crippen LogP contribution in [0.4, 0.5) is 0 Å². The molecule has 0 saturated carbocycles. The summed E-state index contributed by atoms with van der Waals surface area (Å²) >= 11 is 2.13. The van der Waals surface area contributed by atoms with Crippen LogP contribution in [0.2, 0.25) is 19.1 Å². The summed E-state index contributed by atoms with van der Waals surface area (Å²) in [4.78, 5) is 0. The molecule has 0 aliphatic carbocycles. The Bertz CT molecular complexity index is 241. The van der Waals surface area contributed by atoms with Crippen molar-refractivity contribution in [2.45, 2.75) is 72.0 Å². The zero-order valence-electron chi connectivity index (χ0n) is 14.4. The van der Waals surface area contributed by atoms with E-state index in [0.29, 0.717) is 0 Å². The van der Waals surface area contributed by atoms with E-state index >= 15 is 0 Å². The lowest BCUT2D eigenvalue weighted by Gasteiger charge is -2.21. The van der Waals surface area contributed by atoms with E-state index < -0.39 is 8.32 Å². The topological polar surface area (TPSA) is 9.23 Å². The molecule has 1 atom stereocenters. The highest BCUT2D eigenvalue weighted by atomic mass is 32.2. The van der Waals surface area contributed by atoms with Crippen molar-refractivity contribution in [3.8, 4) is 0 Å². The Balaban J connectivity index is 3.41. The highest BCUT2D eigenvalue weighted by Gasteiger charge is 2.20. The second kappa shape index (κ2) is 13.0. The smallest absolute Gasteiger partial charge is 0.186 e. The van der Waals surface area contributed by atoms with Gasteiger partial charge in [0.1, 0.15) is 0 Å². The van der Waals surface area contributed by atoms with Crippen LogP contribution in [0.3, 0.4) is 0 Å². The van der Waals surface area contributed by atoms with Crippen LogP contribution >= 0.6 is 11.8 Å². The zero-order valence-corrected chi connectivity index (χ0v) is 16.2. The molecule has 0 N–H and O–H groups in total. The molecule has 0 aliphatic rings. The van der Waals surface area contributed by atoms with Crippen molar-refractivity contribution in [3.63, 3.8) is 0 Å². The van der Waals surface area contributed by atoms with Crippen molar-refractivity contribution < 1.29 is 4.43 Å². The third kappa shape index (κ3) is 13.3. The van der Waals surface area contributed by atoms with Crippen molar-refractivity contribution in [1.82, 2.24) is 0 Å². The van der Waals surface area contributed by atoms with E-state index in [4.69, 9.17) is 4.43 Å². The monoisotopic (exact) mass is 316 g/mol. The molecule has 120 valence electrons. The molecule has 0 aromatic carbocycles. The van der Waals surface area contributed by atoms with E-state index in [2.05, 4.69) is 57.8 Å². The van der Waals surface area contributed by atoms with E-state index in [1.807, 2.05) is 0 Å². The molecule has 0 aromatic heterocycles. The molecule has 0 rings (SSSR count). The van der Waals surface area contributed by atoms with Crippen LogP contribution in [-0.4, -0.2) is 26.4 Å². The minimum Gasteiger partial charge on any atom is -0.418 e. The Morgan fingerprint density at radius 1 is 1.10 bits per heavy atom. The Labute approximate surface area is 133 Å². The van der Waals surface area contributed by atoms with E-state index in [0.717, 1.165) is 12.5 Å². The Morgan fingerprint density at radius 2 is 1.85 bits per heavy atom. The third-order valence-corrected chi connectivity index (χ3v) is 7.32. The number of allylic oxidation sites excluding steroid dienone is 2. The van der Waals surface area contributed by atoms with Crippen LogP contribution in [-0.2, 0) is 4.43 Å². The summed E-state index contributed by atoms with van der Waals surface area (Å²) in [7, 11) is -1.33. The first-order valence-electron chi connectivity index (χ1n) is 8.38. The second-order valence-corrected chi connectivity index (χ2v) is 11.8. The molecular formula is C17H36OSSi. The second-order valence-electron chi connectivity index (χ2n) is 6.26. The quantitative estimate of drug-likeness (QED) is 0.230. The normalized spacial score (nSPS) is 14.1. The third-order valence-electron chi connectivity index (χ3n) is 3.59. The molecule has 0 radical (unpaired) electrons. The number of hydrogen-bond donors (Lipinski definition) is 0. The Morgan fingerprint density at radius 3 is 2.50 bits per heavy atom. The summed E-state index contributed by atoms with van der Waals surface area (Å²) in [6, 6.07) is 1.31. The van der Waals surface area contributed by atoms with Gasteiger partial charge in [-0.15, -0.1) is 0 Å². The molecule has 0 aliphatic heterocycles. The standard InChI is InChI=1S/C17H36OSSi/c1-6-8-9-10-12-17(3)13-15-19-14-11-16-20(4,5)18-7-2/h8-9,17H,6-7,10-16H2,1-5H3/b9-8+. The fourth-order valence-corrected chi connectivity index (χ4v) is 5.59. The van der Waals surface area contributed by atoms with Gasteiger partial charge in [0.2, 0.25) is 0 Å². The van der Waals surface area contributed by atoms with Crippen LogP contribution in [0.1, 0.15) is 52.9 Å². The summed E-state index contributed by atoms with van der Waals surface area (Å²) in [5.41, 5.74) is 0. The molecule has 20 heavy (non-hydrogen) atoms. The summed E-state index contributed by atoms with van der Waals surface area (Å²) in [5, 5.41) is 0. The largest absolute Gasteiger partial charge is 0.418 e. The van der Waals surface area contributed by atoms with Crippen LogP contribution in [0, 0.1) is 5.92 Å². The van der Waals surface area contributed by atoms with E-state index in [1.54, 1.807) is 0 Å². The molecule has 3 heteroatoms. The van der Waals surface area contributed by atoms with Crippen LogP contribution in [0.5, 0.6) is 0 Å². The van der Waals surface area contributed by atoms with Gasteiger partial charge in [0.15, 0.2) is 8.32 Å². The minimum absolute atomic E-state index is 0.873. The lowest BCUT2D eigenvalue weighted by atomic mass is 10.0. The molecule has 0 saturated heterocycles. The van der Waals surface area contributed by atoms with Gasteiger partial charge < -0.3 is 4.43 Å². The lowest BCUT2D eigenvalue weighted by Crippen LogP contribution is -2.30. The van der Waals surface area contributed by atoms with Gasteiger partial charge in [0.05, 0.1) is 0 Å². The molecule has 0 fully saturated rings. The fraction of sp³-hybridized carbons (Fsp3) is 0.882. The van der Waals surface area contributed by atoms with Gasteiger partial charge in [-0.3, -0.25) is 0 Å². The van der Waals surface area contributed by atoms with E-state index in [-0.39, 0.29) is 0 Å². The van der Waals surface area contributed by atoms with Gasteiger partial charge >= 0.3 is 0 Å². The SMILES string of the molecule is CC/C=C/CCC(C)CCSCCC[Si](C)(C)OCC. The maximum absolute atomic E-state index is 5.86. The van der Waals surface area contributed by atoms with E-state index in [9.17, 15) is 0 Å². The zero-order chi connectivity index (χ0) is 15.3. The van der Waals surface area contributed by atoms with Crippen LogP contribution < -0.4 is 0 Å². The highest BCUT2D eigenvalue weighted by Crippen LogP contribution is 2.19. The lowest BCUT2D eigenvalue weighted by molar-refractivity contribution is 0.328. The summed E-state index contributed by atoms with van der Waals surface area (Å²) in [5.74, 6) is 3.51. The molecule has 0 bridgehead atoms. The minimum atomic E-state index is -1.33. The summed E-state index contributed by atoms with van der Waals surface area (Å²) in [6.45, 7) is 12.3. The summed E-state index contributed by atoms with van der Waals surface area (Å²) < 4.78 is 5.86. The maximum Gasteiger partial charge on any atom is 0.186 e.